The van der Waals surface area contributed by atoms with E-state index in [-0.39, 0.29) is 0 Å². The molecule has 0 aromatic rings. The summed E-state index contributed by atoms with van der Waals surface area (Å²) in [5.41, 5.74) is 0.542. The predicted molar refractivity (Wildman–Crippen MR) is 82.4 cm³/mol. The molecule has 0 aromatic heterocycles. The molecule has 0 aromatic carbocycles. The maximum Gasteiger partial charge on any atom is 0.122 e. The Balaban J connectivity index is 0.000000362. The molecule has 1 aliphatic rings. The summed E-state index contributed by atoms with van der Waals surface area (Å²) >= 11 is 0. The van der Waals surface area contributed by atoms with Crippen molar-refractivity contribution in [2.24, 2.45) is 11.3 Å². The van der Waals surface area contributed by atoms with Crippen LogP contribution in [0.4, 0.5) is 0 Å². The van der Waals surface area contributed by atoms with Crippen LogP contribution in [0, 0.1) is 11.3 Å². The van der Waals surface area contributed by atoms with Crippen molar-refractivity contribution in [1.29, 1.82) is 0 Å². The molecule has 1 fully saturated rings. The van der Waals surface area contributed by atoms with Crippen LogP contribution >= 0.6 is 0 Å². The minimum atomic E-state index is 0.448. The van der Waals surface area contributed by atoms with Gasteiger partial charge >= 0.3 is 0 Å². The number of aldehydes is 1. The normalized spacial score (nSPS) is 16.9. The lowest BCUT2D eigenvalue weighted by atomic mass is 9.79. The molecular weight excluding hydrogens is 236 g/mol. The van der Waals surface area contributed by atoms with E-state index in [2.05, 4.69) is 34.6 Å². The molecule has 0 spiro atoms. The zero-order chi connectivity index (χ0) is 14.7. The number of hydrogen-bond donors (Lipinski definition) is 0. The molecule has 1 rings (SSSR count). The van der Waals surface area contributed by atoms with E-state index in [1.54, 1.807) is 0 Å². The average Bonchev–Trinajstić information content (AvgIpc) is 2.41. The smallest absolute Gasteiger partial charge is 0.122 e. The first kappa shape index (κ1) is 18.6. The third-order valence-electron chi connectivity index (χ3n) is 4.62. The number of carbonyl (C=O) groups is 1. The Morgan fingerprint density at radius 3 is 2.16 bits per heavy atom. The third-order valence-corrected chi connectivity index (χ3v) is 4.62. The second-order valence-corrected chi connectivity index (χ2v) is 6.58. The molecule has 0 saturated heterocycles. The molecule has 19 heavy (non-hydrogen) atoms. The van der Waals surface area contributed by atoms with Crippen LogP contribution in [0.25, 0.3) is 0 Å². The van der Waals surface area contributed by atoms with Gasteiger partial charge in [-0.2, -0.15) is 0 Å². The summed E-state index contributed by atoms with van der Waals surface area (Å²) in [7, 11) is 0. The minimum absolute atomic E-state index is 0.448. The maximum absolute atomic E-state index is 9.97. The van der Waals surface area contributed by atoms with Gasteiger partial charge in [0.1, 0.15) is 6.29 Å². The molecule has 0 aliphatic heterocycles. The molecule has 0 bridgehead atoms. The Labute approximate surface area is 120 Å². The van der Waals surface area contributed by atoms with Crippen molar-refractivity contribution in [3.8, 4) is 0 Å². The Morgan fingerprint density at radius 2 is 1.79 bits per heavy atom. The topological polar surface area (TPSA) is 26.3 Å². The van der Waals surface area contributed by atoms with Gasteiger partial charge < -0.3 is 9.53 Å². The van der Waals surface area contributed by atoms with Gasteiger partial charge in [0.25, 0.3) is 0 Å². The third kappa shape index (κ3) is 9.21. The van der Waals surface area contributed by atoms with Crippen molar-refractivity contribution in [3.63, 3.8) is 0 Å². The average molecular weight is 270 g/mol. The predicted octanol–water partition coefficient (Wildman–Crippen LogP) is 5.00. The zero-order valence-corrected chi connectivity index (χ0v) is 13.7. The van der Waals surface area contributed by atoms with Crippen LogP contribution in [0.1, 0.15) is 79.6 Å². The van der Waals surface area contributed by atoms with Crippen LogP contribution < -0.4 is 0 Å². The quantitative estimate of drug-likeness (QED) is 0.501. The summed E-state index contributed by atoms with van der Waals surface area (Å²) in [5.74, 6) is 0.812. The molecule has 2 nitrogen and oxygen atoms in total. The van der Waals surface area contributed by atoms with Gasteiger partial charge in [0.05, 0.1) is 12.7 Å². The highest BCUT2D eigenvalue weighted by Gasteiger charge is 2.18. The number of ether oxygens (including phenoxy) is 1. The highest BCUT2D eigenvalue weighted by atomic mass is 16.5. The first-order chi connectivity index (χ1) is 8.94. The summed E-state index contributed by atoms with van der Waals surface area (Å²) in [6.45, 7) is 12.1. The fourth-order valence-corrected chi connectivity index (χ4v) is 1.92. The summed E-state index contributed by atoms with van der Waals surface area (Å²) in [6.07, 6.45) is 9.54. The molecule has 0 amide bonds. The fraction of sp³-hybridized carbons (Fsp3) is 0.941. The van der Waals surface area contributed by atoms with E-state index in [1.807, 2.05) is 0 Å². The molecule has 0 unspecified atom stereocenters. The molecule has 2 heteroatoms. The van der Waals surface area contributed by atoms with Crippen molar-refractivity contribution in [2.45, 2.75) is 85.7 Å². The summed E-state index contributed by atoms with van der Waals surface area (Å²) in [4.78, 5) is 9.97. The standard InChI is InChI=1S/C9H16O2.C8H18/c10-7-4-8-11-9-5-2-1-3-6-9;1-6-8(4,5)7(2)3/h7,9H,1-6,8H2;7H,6H2,1-5H3. The van der Waals surface area contributed by atoms with E-state index >= 15 is 0 Å². The Hall–Kier alpha value is -0.370. The monoisotopic (exact) mass is 270 g/mol. The van der Waals surface area contributed by atoms with Crippen molar-refractivity contribution in [3.05, 3.63) is 0 Å². The second kappa shape index (κ2) is 10.4. The number of rotatable bonds is 6. The molecule has 0 N–H and O–H groups in total. The van der Waals surface area contributed by atoms with Crippen LogP contribution in [-0.2, 0) is 9.53 Å². The van der Waals surface area contributed by atoms with Crippen molar-refractivity contribution in [2.75, 3.05) is 6.61 Å². The van der Waals surface area contributed by atoms with E-state index in [9.17, 15) is 4.79 Å². The van der Waals surface area contributed by atoms with E-state index in [0.29, 0.717) is 24.5 Å². The summed E-state index contributed by atoms with van der Waals surface area (Å²) in [5, 5.41) is 0. The number of hydrogen-bond acceptors (Lipinski definition) is 2. The lowest BCUT2D eigenvalue weighted by Crippen LogP contribution is -2.17. The van der Waals surface area contributed by atoms with Gasteiger partial charge in [-0.15, -0.1) is 0 Å². The molecule has 0 heterocycles. The van der Waals surface area contributed by atoms with Gasteiger partial charge in [0.15, 0.2) is 0 Å². The lowest BCUT2D eigenvalue weighted by molar-refractivity contribution is -0.109. The van der Waals surface area contributed by atoms with E-state index in [4.69, 9.17) is 4.74 Å². The van der Waals surface area contributed by atoms with Crippen molar-refractivity contribution in [1.82, 2.24) is 0 Å². The molecule has 0 radical (unpaired) electrons. The van der Waals surface area contributed by atoms with Gasteiger partial charge in [-0.05, 0) is 24.2 Å². The van der Waals surface area contributed by atoms with Crippen molar-refractivity contribution < 1.29 is 9.53 Å². The van der Waals surface area contributed by atoms with Crippen LogP contribution in [0.3, 0.4) is 0 Å². The Bertz CT molecular complexity index is 215. The van der Waals surface area contributed by atoms with Gasteiger partial charge in [-0.3, -0.25) is 0 Å². The van der Waals surface area contributed by atoms with Crippen molar-refractivity contribution >= 4 is 6.29 Å². The fourth-order valence-electron chi connectivity index (χ4n) is 1.92. The van der Waals surface area contributed by atoms with E-state index in [0.717, 1.165) is 12.2 Å². The molecular formula is C17H34O2. The van der Waals surface area contributed by atoms with E-state index < -0.39 is 0 Å². The SMILES string of the molecule is CCC(C)(C)C(C)C.O=CCCOC1CCCCC1. The Kier molecular flexibility index (Phi) is 10.2. The first-order valence-corrected chi connectivity index (χ1v) is 7.99. The summed E-state index contributed by atoms with van der Waals surface area (Å²) in [6, 6.07) is 0. The van der Waals surface area contributed by atoms with Gasteiger partial charge in [-0.25, -0.2) is 0 Å². The van der Waals surface area contributed by atoms with Crippen LogP contribution in [-0.4, -0.2) is 19.0 Å². The highest BCUT2D eigenvalue weighted by molar-refractivity contribution is 5.49. The largest absolute Gasteiger partial charge is 0.378 e. The van der Waals surface area contributed by atoms with Gasteiger partial charge in [0.2, 0.25) is 0 Å². The van der Waals surface area contributed by atoms with Gasteiger partial charge in [-0.1, -0.05) is 60.3 Å². The second-order valence-electron chi connectivity index (χ2n) is 6.58. The van der Waals surface area contributed by atoms with Crippen LogP contribution in [0.2, 0.25) is 0 Å². The maximum atomic E-state index is 9.97. The highest BCUT2D eigenvalue weighted by Crippen LogP contribution is 2.28. The van der Waals surface area contributed by atoms with Crippen LogP contribution in [0.15, 0.2) is 0 Å². The molecule has 1 saturated carbocycles. The molecule has 114 valence electrons. The zero-order valence-electron chi connectivity index (χ0n) is 13.7. The van der Waals surface area contributed by atoms with E-state index in [1.165, 1.54) is 38.5 Å². The first-order valence-electron chi connectivity index (χ1n) is 7.99. The van der Waals surface area contributed by atoms with Crippen LogP contribution in [0.5, 0.6) is 0 Å². The minimum Gasteiger partial charge on any atom is -0.378 e. The molecule has 0 atom stereocenters. The summed E-state index contributed by atoms with van der Waals surface area (Å²) < 4.78 is 5.49. The lowest BCUT2D eigenvalue weighted by Gasteiger charge is -2.27. The Morgan fingerprint density at radius 1 is 1.21 bits per heavy atom. The number of carbonyl (C=O) groups excluding carboxylic acids is 1. The molecule has 1 aliphatic carbocycles. The van der Waals surface area contributed by atoms with Gasteiger partial charge in [0, 0.05) is 6.42 Å².